The van der Waals surface area contributed by atoms with E-state index in [0.717, 1.165) is 5.56 Å². The van der Waals surface area contributed by atoms with Gasteiger partial charge in [-0.1, -0.05) is 42.5 Å². The fraction of sp³-hybridized carbons (Fsp3) is 0.176. The highest BCUT2D eigenvalue weighted by molar-refractivity contribution is 5.94. The maximum absolute atomic E-state index is 12.1. The van der Waals surface area contributed by atoms with E-state index in [1.54, 1.807) is 24.3 Å². The van der Waals surface area contributed by atoms with Crippen molar-refractivity contribution in [3.05, 3.63) is 65.7 Å². The molecule has 0 aliphatic rings. The summed E-state index contributed by atoms with van der Waals surface area (Å²) in [4.78, 5) is 23.1. The van der Waals surface area contributed by atoms with Crippen LogP contribution in [0.15, 0.2) is 54.6 Å². The van der Waals surface area contributed by atoms with E-state index in [9.17, 15) is 9.59 Å². The summed E-state index contributed by atoms with van der Waals surface area (Å²) in [5.74, 6) is -0.945. The van der Waals surface area contributed by atoms with Gasteiger partial charge in [0.2, 0.25) is 0 Å². The number of hydrogen-bond donors (Lipinski definition) is 1. The Morgan fingerprint density at radius 3 is 2.36 bits per heavy atom. The number of benzene rings is 2. The van der Waals surface area contributed by atoms with Gasteiger partial charge in [0, 0.05) is 0 Å². The molecule has 0 saturated carbocycles. The van der Waals surface area contributed by atoms with Crippen molar-refractivity contribution in [1.82, 2.24) is 0 Å². The maximum atomic E-state index is 12.1. The first-order valence-corrected chi connectivity index (χ1v) is 6.84. The number of para-hydroxylation sites is 1. The van der Waals surface area contributed by atoms with E-state index in [-0.39, 0.29) is 5.56 Å². The SMILES string of the molecule is C[C@H](OC(=O)c1ccccc1OCc1ccccc1)C(N)=O. The number of nitrogens with two attached hydrogens (primary N) is 1. The molecule has 0 spiro atoms. The van der Waals surface area contributed by atoms with Crippen LogP contribution in [0.1, 0.15) is 22.8 Å². The number of rotatable bonds is 6. The third-order valence-corrected chi connectivity index (χ3v) is 3.03. The molecular formula is C17H17NO4. The van der Waals surface area contributed by atoms with Crippen molar-refractivity contribution >= 4 is 11.9 Å². The largest absolute Gasteiger partial charge is 0.488 e. The van der Waals surface area contributed by atoms with Crippen molar-refractivity contribution in [3.8, 4) is 5.75 Å². The van der Waals surface area contributed by atoms with Gasteiger partial charge >= 0.3 is 5.97 Å². The Labute approximate surface area is 128 Å². The standard InChI is InChI=1S/C17H17NO4/c1-12(16(18)19)22-17(20)14-9-5-6-10-15(14)21-11-13-7-3-2-4-8-13/h2-10,12H,11H2,1H3,(H2,18,19)/t12-/m0/s1. The van der Waals surface area contributed by atoms with Gasteiger partial charge in [-0.3, -0.25) is 4.79 Å². The smallest absolute Gasteiger partial charge is 0.342 e. The summed E-state index contributed by atoms with van der Waals surface area (Å²) < 4.78 is 10.7. The van der Waals surface area contributed by atoms with Crippen LogP contribution in [-0.2, 0) is 16.1 Å². The lowest BCUT2D eigenvalue weighted by atomic mass is 10.2. The number of amides is 1. The Hall–Kier alpha value is -2.82. The van der Waals surface area contributed by atoms with Crippen LogP contribution >= 0.6 is 0 Å². The second-order valence-electron chi connectivity index (χ2n) is 4.72. The molecule has 0 bridgehead atoms. The summed E-state index contributed by atoms with van der Waals surface area (Å²) in [5, 5.41) is 0. The normalized spacial score (nSPS) is 11.5. The summed E-state index contributed by atoms with van der Waals surface area (Å²) >= 11 is 0. The number of hydrogen-bond acceptors (Lipinski definition) is 4. The first kappa shape index (κ1) is 15.6. The number of primary amides is 1. The molecule has 1 amide bonds. The Balaban J connectivity index is 2.09. The molecule has 0 heterocycles. The lowest BCUT2D eigenvalue weighted by Gasteiger charge is -2.13. The Morgan fingerprint density at radius 1 is 1.05 bits per heavy atom. The van der Waals surface area contributed by atoms with Crippen molar-refractivity contribution in [2.45, 2.75) is 19.6 Å². The second-order valence-corrected chi connectivity index (χ2v) is 4.72. The van der Waals surface area contributed by atoms with Gasteiger partial charge in [0.1, 0.15) is 17.9 Å². The van der Waals surface area contributed by atoms with Crippen molar-refractivity contribution in [3.63, 3.8) is 0 Å². The van der Waals surface area contributed by atoms with Crippen LogP contribution in [0, 0.1) is 0 Å². The maximum Gasteiger partial charge on any atom is 0.342 e. The zero-order chi connectivity index (χ0) is 15.9. The van der Waals surface area contributed by atoms with Gasteiger partial charge in [-0.05, 0) is 24.6 Å². The zero-order valence-electron chi connectivity index (χ0n) is 12.2. The van der Waals surface area contributed by atoms with E-state index in [4.69, 9.17) is 15.2 Å². The molecule has 1 atom stereocenters. The highest BCUT2D eigenvalue weighted by Crippen LogP contribution is 2.20. The molecule has 0 saturated heterocycles. The van der Waals surface area contributed by atoms with E-state index in [2.05, 4.69) is 0 Å². The van der Waals surface area contributed by atoms with Crippen LogP contribution in [0.4, 0.5) is 0 Å². The Morgan fingerprint density at radius 2 is 1.68 bits per heavy atom. The van der Waals surface area contributed by atoms with Crippen LogP contribution in [0.5, 0.6) is 5.75 Å². The number of esters is 1. The van der Waals surface area contributed by atoms with Crippen LogP contribution in [0.2, 0.25) is 0 Å². The summed E-state index contributed by atoms with van der Waals surface area (Å²) in [6.07, 6.45) is -0.991. The zero-order valence-corrected chi connectivity index (χ0v) is 12.2. The number of carbonyl (C=O) groups excluding carboxylic acids is 2. The first-order chi connectivity index (χ1) is 10.6. The summed E-state index contributed by atoms with van der Waals surface area (Å²) in [6.45, 7) is 1.75. The average Bonchev–Trinajstić information content (AvgIpc) is 2.54. The Kier molecular flexibility index (Phi) is 5.14. The van der Waals surface area contributed by atoms with Crippen LogP contribution in [0.25, 0.3) is 0 Å². The van der Waals surface area contributed by atoms with Gasteiger partial charge in [0.25, 0.3) is 5.91 Å². The molecule has 2 rings (SSSR count). The van der Waals surface area contributed by atoms with Gasteiger partial charge in [0.15, 0.2) is 6.10 Å². The molecule has 114 valence electrons. The van der Waals surface area contributed by atoms with E-state index in [1.807, 2.05) is 30.3 Å². The van der Waals surface area contributed by atoms with E-state index < -0.39 is 18.0 Å². The van der Waals surface area contributed by atoms with Crippen LogP contribution in [0.3, 0.4) is 0 Å². The molecule has 0 unspecified atom stereocenters. The van der Waals surface area contributed by atoms with Crippen LogP contribution in [-0.4, -0.2) is 18.0 Å². The molecule has 5 heteroatoms. The van der Waals surface area contributed by atoms with Crippen molar-refractivity contribution in [2.24, 2.45) is 5.73 Å². The minimum Gasteiger partial charge on any atom is -0.488 e. The third-order valence-electron chi connectivity index (χ3n) is 3.03. The van der Waals surface area contributed by atoms with Gasteiger partial charge in [0.05, 0.1) is 0 Å². The van der Waals surface area contributed by atoms with Gasteiger partial charge in [-0.2, -0.15) is 0 Å². The molecule has 0 aromatic heterocycles. The third kappa shape index (κ3) is 4.09. The predicted molar refractivity (Wildman–Crippen MR) is 81.3 cm³/mol. The van der Waals surface area contributed by atoms with Gasteiger partial charge in [-0.25, -0.2) is 4.79 Å². The van der Waals surface area contributed by atoms with Gasteiger partial charge in [-0.15, -0.1) is 0 Å². The topological polar surface area (TPSA) is 78.6 Å². The lowest BCUT2D eigenvalue weighted by Crippen LogP contribution is -2.30. The molecule has 5 nitrogen and oxygen atoms in total. The number of carbonyl (C=O) groups is 2. The highest BCUT2D eigenvalue weighted by Gasteiger charge is 2.19. The van der Waals surface area contributed by atoms with Crippen molar-refractivity contribution < 1.29 is 19.1 Å². The van der Waals surface area contributed by atoms with Crippen molar-refractivity contribution in [1.29, 1.82) is 0 Å². The second kappa shape index (κ2) is 7.26. The van der Waals surface area contributed by atoms with E-state index >= 15 is 0 Å². The Bertz CT molecular complexity index is 655. The first-order valence-electron chi connectivity index (χ1n) is 6.84. The fourth-order valence-electron chi connectivity index (χ4n) is 1.78. The summed E-state index contributed by atoms with van der Waals surface area (Å²) in [5.41, 5.74) is 6.33. The molecule has 0 aliphatic carbocycles. The van der Waals surface area contributed by atoms with Gasteiger partial charge < -0.3 is 15.2 Å². The van der Waals surface area contributed by atoms with Crippen molar-refractivity contribution in [2.75, 3.05) is 0 Å². The minimum atomic E-state index is -0.991. The monoisotopic (exact) mass is 299 g/mol. The molecule has 0 aliphatic heterocycles. The average molecular weight is 299 g/mol. The summed E-state index contributed by atoms with van der Waals surface area (Å²) in [6, 6.07) is 16.3. The highest BCUT2D eigenvalue weighted by atomic mass is 16.5. The predicted octanol–water partition coefficient (Wildman–Crippen LogP) is 2.30. The molecule has 0 fully saturated rings. The minimum absolute atomic E-state index is 0.256. The quantitative estimate of drug-likeness (QED) is 0.830. The molecule has 22 heavy (non-hydrogen) atoms. The molecule has 2 aromatic rings. The fourth-order valence-corrected chi connectivity index (χ4v) is 1.78. The summed E-state index contributed by atoms with van der Waals surface area (Å²) in [7, 11) is 0. The molecule has 2 N–H and O–H groups in total. The molecule has 2 aromatic carbocycles. The van der Waals surface area contributed by atoms with E-state index in [1.165, 1.54) is 6.92 Å². The molecular weight excluding hydrogens is 282 g/mol. The molecule has 0 radical (unpaired) electrons. The number of ether oxygens (including phenoxy) is 2. The van der Waals surface area contributed by atoms with Crippen LogP contribution < -0.4 is 10.5 Å². The van der Waals surface area contributed by atoms with E-state index in [0.29, 0.717) is 12.4 Å². The lowest BCUT2D eigenvalue weighted by molar-refractivity contribution is -0.125.